The number of benzene rings is 4. The van der Waals surface area contributed by atoms with Crippen LogP contribution in [0, 0.1) is 0 Å². The summed E-state index contributed by atoms with van der Waals surface area (Å²) in [6.07, 6.45) is 2.72. The molecule has 5 nitrogen and oxygen atoms in total. The molecule has 7 heteroatoms. The first-order valence-corrected chi connectivity index (χ1v) is 14.4. The van der Waals surface area contributed by atoms with Gasteiger partial charge in [0.2, 0.25) is 0 Å². The number of amides is 1. The molecule has 2 aliphatic heterocycles. The maximum absolute atomic E-state index is 13.3. The number of hydrogen-bond acceptors (Lipinski definition) is 6. The van der Waals surface area contributed by atoms with Crippen molar-refractivity contribution in [3.05, 3.63) is 131 Å². The van der Waals surface area contributed by atoms with Crippen molar-refractivity contribution in [1.82, 2.24) is 0 Å². The highest BCUT2D eigenvalue weighted by Gasteiger charge is 2.33. The highest BCUT2D eigenvalue weighted by molar-refractivity contribution is 8.27. The van der Waals surface area contributed by atoms with Crippen LogP contribution >= 0.6 is 24.0 Å². The first-order chi connectivity index (χ1) is 19.6. The van der Waals surface area contributed by atoms with E-state index in [4.69, 9.17) is 22.1 Å². The fourth-order valence-corrected chi connectivity index (χ4v) is 6.21. The van der Waals surface area contributed by atoms with Crippen molar-refractivity contribution >= 4 is 57.4 Å². The molecule has 1 amide bonds. The lowest BCUT2D eigenvalue weighted by molar-refractivity contribution is -0.113. The maximum atomic E-state index is 13.3. The average Bonchev–Trinajstić information content (AvgIpc) is 3.56. The molecule has 0 aromatic heterocycles. The van der Waals surface area contributed by atoms with Crippen molar-refractivity contribution < 1.29 is 9.53 Å². The largest absolute Gasteiger partial charge is 0.494 e. The summed E-state index contributed by atoms with van der Waals surface area (Å²) in [5.41, 5.74) is 6.09. The quantitative estimate of drug-likeness (QED) is 0.170. The van der Waals surface area contributed by atoms with E-state index in [0.717, 1.165) is 40.4 Å². The van der Waals surface area contributed by atoms with Gasteiger partial charge in [0.25, 0.3) is 5.91 Å². The first kappa shape index (κ1) is 26.0. The van der Waals surface area contributed by atoms with Gasteiger partial charge in [0.05, 0.1) is 34.6 Å². The summed E-state index contributed by atoms with van der Waals surface area (Å²) in [4.78, 5) is 15.4. The fourth-order valence-electron chi connectivity index (χ4n) is 4.91. The third-order valence-electron chi connectivity index (χ3n) is 6.86. The van der Waals surface area contributed by atoms with Crippen LogP contribution in [0.5, 0.6) is 5.75 Å². The van der Waals surface area contributed by atoms with Crippen LogP contribution in [0.4, 0.5) is 11.4 Å². The van der Waals surface area contributed by atoms with Crippen LogP contribution in [0.15, 0.2) is 119 Å². The van der Waals surface area contributed by atoms with Crippen LogP contribution in [0.2, 0.25) is 0 Å². The van der Waals surface area contributed by atoms with Crippen molar-refractivity contribution in [2.75, 3.05) is 16.5 Å². The molecule has 1 saturated heterocycles. The molecule has 2 aliphatic rings. The molecule has 0 bridgehead atoms. The Morgan fingerprint density at radius 1 is 0.900 bits per heavy atom. The summed E-state index contributed by atoms with van der Waals surface area (Å²) in [5.74, 6) is 0.643. The Bertz CT molecular complexity index is 1580. The molecular weight excluding hydrogens is 535 g/mol. The molecule has 2 heterocycles. The van der Waals surface area contributed by atoms with Crippen LogP contribution in [0.1, 0.15) is 36.1 Å². The summed E-state index contributed by atoms with van der Waals surface area (Å²) in [7, 11) is 0. The molecule has 6 rings (SSSR count). The van der Waals surface area contributed by atoms with Crippen LogP contribution in [0.25, 0.3) is 6.08 Å². The molecular formula is C33H27N3O2S2. The number of thiocarbonyl (C=S) groups is 1. The lowest BCUT2D eigenvalue weighted by atomic mass is 9.98. The Morgan fingerprint density at radius 2 is 1.55 bits per heavy atom. The van der Waals surface area contributed by atoms with Gasteiger partial charge in [0, 0.05) is 6.42 Å². The number of ether oxygens (including phenoxy) is 1. The minimum atomic E-state index is -0.121. The highest BCUT2D eigenvalue weighted by atomic mass is 32.2. The number of hydrogen-bond donors (Lipinski definition) is 0. The minimum Gasteiger partial charge on any atom is -0.494 e. The standard InChI is InChI=1S/C33H27N3O2S2/c1-2-38-28-19-17-26(18-20-28)35-32(37)31(40-33(35)39)21-23-13-15-27(16-14-23)36-30(25-11-7-4-8-12-25)22-29(34-36)24-9-5-3-6-10-24/h3-21,30H,2,22H2,1H3/b31-21-. The molecule has 0 saturated carbocycles. The van der Waals surface area contributed by atoms with Gasteiger partial charge in [-0.1, -0.05) is 96.8 Å². The molecule has 1 unspecified atom stereocenters. The molecule has 4 aromatic carbocycles. The normalized spacial score (nSPS) is 18.0. The predicted octanol–water partition coefficient (Wildman–Crippen LogP) is 7.85. The molecule has 40 heavy (non-hydrogen) atoms. The molecule has 1 atom stereocenters. The summed E-state index contributed by atoms with van der Waals surface area (Å²) >= 11 is 6.87. The van der Waals surface area contributed by atoms with Gasteiger partial charge in [0.1, 0.15) is 5.75 Å². The molecule has 0 aliphatic carbocycles. The van der Waals surface area contributed by atoms with Gasteiger partial charge in [-0.15, -0.1) is 0 Å². The number of nitrogens with zero attached hydrogens (tertiary/aromatic N) is 3. The van der Waals surface area contributed by atoms with Crippen molar-refractivity contribution in [3.63, 3.8) is 0 Å². The summed E-state index contributed by atoms with van der Waals surface area (Å²) in [5, 5.41) is 7.15. The number of rotatable bonds is 7. The van der Waals surface area contributed by atoms with E-state index in [1.54, 1.807) is 4.90 Å². The molecule has 198 valence electrons. The second-order valence-corrected chi connectivity index (χ2v) is 11.1. The van der Waals surface area contributed by atoms with Gasteiger partial charge in [-0.25, -0.2) is 0 Å². The lowest BCUT2D eigenvalue weighted by Gasteiger charge is -2.24. The molecule has 0 radical (unpaired) electrons. The maximum Gasteiger partial charge on any atom is 0.270 e. The second-order valence-electron chi connectivity index (χ2n) is 9.42. The van der Waals surface area contributed by atoms with E-state index < -0.39 is 0 Å². The minimum absolute atomic E-state index is 0.104. The highest BCUT2D eigenvalue weighted by Crippen LogP contribution is 2.39. The average molecular weight is 562 g/mol. The smallest absolute Gasteiger partial charge is 0.270 e. The Labute approximate surface area is 243 Å². The SMILES string of the molecule is CCOc1ccc(N2C(=O)/C(=C/c3ccc(N4N=C(c5ccccc5)CC4c4ccccc4)cc3)SC2=S)cc1. The molecule has 1 fully saturated rings. The number of anilines is 2. The zero-order valence-electron chi connectivity index (χ0n) is 21.9. The van der Waals surface area contributed by atoms with Gasteiger partial charge in [-0.3, -0.25) is 14.7 Å². The van der Waals surface area contributed by atoms with E-state index in [-0.39, 0.29) is 11.9 Å². The fraction of sp³-hybridized carbons (Fsp3) is 0.121. The molecule has 0 spiro atoms. The van der Waals surface area contributed by atoms with E-state index in [2.05, 4.69) is 53.5 Å². The van der Waals surface area contributed by atoms with Crippen molar-refractivity contribution in [1.29, 1.82) is 0 Å². The second kappa shape index (κ2) is 11.5. The molecule has 4 aromatic rings. The Hall–Kier alpha value is -4.20. The summed E-state index contributed by atoms with van der Waals surface area (Å²) in [6.45, 7) is 2.53. The van der Waals surface area contributed by atoms with Crippen LogP contribution in [-0.4, -0.2) is 22.5 Å². The molecule has 0 N–H and O–H groups in total. The van der Waals surface area contributed by atoms with Gasteiger partial charge in [0.15, 0.2) is 4.32 Å². The number of carbonyl (C=O) groups excluding carboxylic acids is 1. The summed E-state index contributed by atoms with van der Waals surface area (Å²) < 4.78 is 6.04. The van der Waals surface area contributed by atoms with E-state index in [1.165, 1.54) is 17.3 Å². The van der Waals surface area contributed by atoms with Crippen LogP contribution < -0.4 is 14.6 Å². The Morgan fingerprint density at radius 3 is 2.23 bits per heavy atom. The zero-order valence-corrected chi connectivity index (χ0v) is 23.6. The van der Waals surface area contributed by atoms with Crippen LogP contribution in [0.3, 0.4) is 0 Å². The number of thioether (sulfide) groups is 1. The Kier molecular flexibility index (Phi) is 7.49. The van der Waals surface area contributed by atoms with E-state index >= 15 is 0 Å². The van der Waals surface area contributed by atoms with E-state index in [1.807, 2.05) is 73.7 Å². The lowest BCUT2D eigenvalue weighted by Crippen LogP contribution is -2.27. The van der Waals surface area contributed by atoms with Gasteiger partial charge in [-0.2, -0.15) is 5.10 Å². The van der Waals surface area contributed by atoms with Gasteiger partial charge in [-0.05, 0) is 66.1 Å². The van der Waals surface area contributed by atoms with E-state index in [9.17, 15) is 4.79 Å². The number of hydrazone groups is 1. The Balaban J connectivity index is 1.24. The predicted molar refractivity (Wildman–Crippen MR) is 169 cm³/mol. The number of carbonyl (C=O) groups is 1. The van der Waals surface area contributed by atoms with Gasteiger partial charge >= 0.3 is 0 Å². The van der Waals surface area contributed by atoms with Crippen LogP contribution in [-0.2, 0) is 4.79 Å². The van der Waals surface area contributed by atoms with Gasteiger partial charge < -0.3 is 4.74 Å². The third-order valence-corrected chi connectivity index (χ3v) is 8.16. The third kappa shape index (κ3) is 5.30. The topological polar surface area (TPSA) is 45.1 Å². The zero-order chi connectivity index (χ0) is 27.5. The first-order valence-electron chi connectivity index (χ1n) is 13.2. The monoisotopic (exact) mass is 561 g/mol. The van der Waals surface area contributed by atoms with Crippen molar-refractivity contribution in [2.45, 2.75) is 19.4 Å². The van der Waals surface area contributed by atoms with Crippen molar-refractivity contribution in [2.24, 2.45) is 5.10 Å². The summed E-state index contributed by atoms with van der Waals surface area (Å²) in [6, 6.07) is 36.5. The van der Waals surface area contributed by atoms with Crippen molar-refractivity contribution in [3.8, 4) is 5.75 Å². The van der Waals surface area contributed by atoms with E-state index in [0.29, 0.717) is 15.8 Å².